The second-order valence-corrected chi connectivity index (χ2v) is 9.36. The second kappa shape index (κ2) is 8.79. The van der Waals surface area contributed by atoms with Crippen molar-refractivity contribution in [1.29, 1.82) is 0 Å². The van der Waals surface area contributed by atoms with Gasteiger partial charge in [-0.05, 0) is 61.4 Å². The average Bonchev–Trinajstić information content (AvgIpc) is 3.25. The highest BCUT2D eigenvalue weighted by Crippen LogP contribution is 2.36. The second-order valence-electron chi connectivity index (χ2n) is 8.52. The molecular weight excluding hydrogens is 430 g/mol. The van der Waals surface area contributed by atoms with Crippen molar-refractivity contribution in [2.45, 2.75) is 39.2 Å². The zero-order valence-corrected chi connectivity index (χ0v) is 19.5. The summed E-state index contributed by atoms with van der Waals surface area (Å²) in [6, 6.07) is 21.8. The van der Waals surface area contributed by atoms with Crippen LogP contribution in [0.5, 0.6) is 0 Å². The smallest absolute Gasteiger partial charge is 0.270 e. The zero-order chi connectivity index (χ0) is 22.9. The molecule has 4 aromatic rings. The highest BCUT2D eigenvalue weighted by atomic mass is 32.1. The SMILES string of the molecule is Cc1cccc(N=c2scc(-c3cccc([N+](=O)[O-])c3)n2C2CCCc3ccccc32)c1C. The van der Waals surface area contributed by atoms with Crippen LogP contribution in [0.25, 0.3) is 11.3 Å². The van der Waals surface area contributed by atoms with Crippen LogP contribution < -0.4 is 4.80 Å². The predicted molar refractivity (Wildman–Crippen MR) is 133 cm³/mol. The van der Waals surface area contributed by atoms with Gasteiger partial charge >= 0.3 is 0 Å². The van der Waals surface area contributed by atoms with Gasteiger partial charge in [0.05, 0.1) is 22.3 Å². The molecule has 0 N–H and O–H groups in total. The molecule has 0 spiro atoms. The minimum Gasteiger partial charge on any atom is -0.309 e. The number of nitro benzene ring substituents is 1. The van der Waals surface area contributed by atoms with E-state index in [1.54, 1.807) is 23.5 Å². The Balaban J connectivity index is 1.76. The number of nitro groups is 1. The van der Waals surface area contributed by atoms with E-state index < -0.39 is 0 Å². The fraction of sp³-hybridized carbons (Fsp3) is 0.222. The molecule has 1 aliphatic carbocycles. The minimum atomic E-state index is -0.336. The maximum absolute atomic E-state index is 11.4. The summed E-state index contributed by atoms with van der Waals surface area (Å²) in [4.78, 5) is 17.1. The number of hydrogen-bond acceptors (Lipinski definition) is 4. The van der Waals surface area contributed by atoms with Crippen LogP contribution in [-0.4, -0.2) is 9.49 Å². The number of rotatable bonds is 4. The molecule has 1 atom stereocenters. The molecule has 0 radical (unpaired) electrons. The Hall–Kier alpha value is -3.51. The van der Waals surface area contributed by atoms with Gasteiger partial charge < -0.3 is 4.57 Å². The van der Waals surface area contributed by atoms with Crippen molar-refractivity contribution in [2.24, 2.45) is 4.99 Å². The summed E-state index contributed by atoms with van der Waals surface area (Å²) in [6.45, 7) is 4.20. The van der Waals surface area contributed by atoms with E-state index in [4.69, 9.17) is 4.99 Å². The molecule has 1 aliphatic rings. The van der Waals surface area contributed by atoms with Gasteiger partial charge in [-0.2, -0.15) is 0 Å². The third kappa shape index (κ3) is 4.02. The summed E-state index contributed by atoms with van der Waals surface area (Å²) < 4.78 is 2.30. The molecule has 5 nitrogen and oxygen atoms in total. The molecule has 0 amide bonds. The first-order chi connectivity index (χ1) is 16.0. The van der Waals surface area contributed by atoms with Crippen LogP contribution in [0, 0.1) is 24.0 Å². The highest BCUT2D eigenvalue weighted by Gasteiger charge is 2.25. The van der Waals surface area contributed by atoms with Gasteiger partial charge in [0.15, 0.2) is 4.80 Å². The number of aryl methyl sites for hydroxylation is 2. The molecule has 1 unspecified atom stereocenters. The fourth-order valence-corrected chi connectivity index (χ4v) is 5.61. The van der Waals surface area contributed by atoms with Crippen LogP contribution >= 0.6 is 11.3 Å². The van der Waals surface area contributed by atoms with Gasteiger partial charge in [-0.25, -0.2) is 4.99 Å². The number of fused-ring (bicyclic) bond motifs is 1. The maximum atomic E-state index is 11.4. The Morgan fingerprint density at radius 2 is 1.88 bits per heavy atom. The quantitative estimate of drug-likeness (QED) is 0.248. The summed E-state index contributed by atoms with van der Waals surface area (Å²) in [7, 11) is 0. The lowest BCUT2D eigenvalue weighted by Crippen LogP contribution is -2.26. The van der Waals surface area contributed by atoms with Crippen LogP contribution in [0.15, 0.2) is 77.1 Å². The van der Waals surface area contributed by atoms with E-state index in [2.05, 4.69) is 54.1 Å². The van der Waals surface area contributed by atoms with Gasteiger partial charge in [0.2, 0.25) is 0 Å². The van der Waals surface area contributed by atoms with Crippen molar-refractivity contribution in [1.82, 2.24) is 4.57 Å². The number of nitrogens with zero attached hydrogens (tertiary/aromatic N) is 3. The van der Waals surface area contributed by atoms with Gasteiger partial charge in [0.1, 0.15) is 0 Å². The Morgan fingerprint density at radius 3 is 2.73 bits per heavy atom. The number of hydrogen-bond donors (Lipinski definition) is 0. The lowest BCUT2D eigenvalue weighted by Gasteiger charge is -2.28. The maximum Gasteiger partial charge on any atom is 0.270 e. The molecule has 6 heteroatoms. The summed E-state index contributed by atoms with van der Waals surface area (Å²) >= 11 is 1.59. The summed E-state index contributed by atoms with van der Waals surface area (Å²) in [6.07, 6.45) is 3.18. The van der Waals surface area contributed by atoms with E-state index in [0.717, 1.165) is 41.0 Å². The van der Waals surface area contributed by atoms with Crippen molar-refractivity contribution in [3.8, 4) is 11.3 Å². The lowest BCUT2D eigenvalue weighted by atomic mass is 9.87. The monoisotopic (exact) mass is 455 g/mol. The lowest BCUT2D eigenvalue weighted by molar-refractivity contribution is -0.384. The molecule has 166 valence electrons. The topological polar surface area (TPSA) is 60.4 Å². The number of aromatic nitrogens is 1. The number of thiazole rings is 1. The first-order valence-electron chi connectivity index (χ1n) is 11.2. The van der Waals surface area contributed by atoms with Crippen LogP contribution in [0.1, 0.15) is 41.1 Å². The molecule has 3 aromatic carbocycles. The Bertz CT molecular complexity index is 1420. The van der Waals surface area contributed by atoms with E-state index in [0.29, 0.717) is 0 Å². The molecule has 0 aliphatic heterocycles. The minimum absolute atomic E-state index is 0.0994. The van der Waals surface area contributed by atoms with Gasteiger partial charge in [-0.1, -0.05) is 48.5 Å². The molecule has 1 heterocycles. The largest absolute Gasteiger partial charge is 0.309 e. The first-order valence-corrected chi connectivity index (χ1v) is 12.0. The summed E-state index contributed by atoms with van der Waals surface area (Å²) in [5.74, 6) is 0. The molecule has 1 aromatic heterocycles. The highest BCUT2D eigenvalue weighted by molar-refractivity contribution is 7.07. The predicted octanol–water partition coefficient (Wildman–Crippen LogP) is 6.90. The van der Waals surface area contributed by atoms with Crippen molar-refractivity contribution in [3.63, 3.8) is 0 Å². The fourth-order valence-electron chi connectivity index (χ4n) is 4.65. The van der Waals surface area contributed by atoms with Crippen molar-refractivity contribution in [3.05, 3.63) is 109 Å². The molecule has 0 saturated heterocycles. The van der Waals surface area contributed by atoms with E-state index >= 15 is 0 Å². The molecule has 0 saturated carbocycles. The van der Waals surface area contributed by atoms with Crippen LogP contribution in [0.3, 0.4) is 0 Å². The van der Waals surface area contributed by atoms with E-state index in [1.165, 1.54) is 28.3 Å². The normalized spacial score (nSPS) is 15.9. The third-order valence-corrected chi connectivity index (χ3v) is 7.38. The van der Waals surface area contributed by atoms with Crippen molar-refractivity contribution >= 4 is 22.7 Å². The van der Waals surface area contributed by atoms with Crippen LogP contribution in [-0.2, 0) is 6.42 Å². The summed E-state index contributed by atoms with van der Waals surface area (Å²) in [5.41, 5.74) is 7.93. The van der Waals surface area contributed by atoms with E-state index in [-0.39, 0.29) is 16.7 Å². The van der Waals surface area contributed by atoms with Crippen molar-refractivity contribution in [2.75, 3.05) is 0 Å². The molecular formula is C27H25N3O2S. The van der Waals surface area contributed by atoms with E-state index in [1.807, 2.05) is 18.2 Å². The Kier molecular flexibility index (Phi) is 5.68. The standard InChI is InChI=1S/C27H25N3O2S/c1-18-8-5-14-24(19(18)2)28-27-29(25-15-7-10-20-9-3-4-13-23(20)25)26(17-33-27)21-11-6-12-22(16-21)30(31)32/h3-6,8-9,11-14,16-17,25H,7,10,15H2,1-2H3. The molecule has 0 bridgehead atoms. The van der Waals surface area contributed by atoms with Gasteiger partial charge in [-0.15, -0.1) is 11.3 Å². The van der Waals surface area contributed by atoms with Crippen LogP contribution in [0.4, 0.5) is 11.4 Å². The number of non-ortho nitro benzene ring substituents is 1. The number of benzene rings is 3. The first kappa shape index (κ1) is 21.3. The third-order valence-electron chi connectivity index (χ3n) is 6.54. The Morgan fingerprint density at radius 1 is 1.06 bits per heavy atom. The van der Waals surface area contributed by atoms with Gasteiger partial charge in [-0.3, -0.25) is 10.1 Å². The van der Waals surface area contributed by atoms with Crippen molar-refractivity contribution < 1.29 is 4.92 Å². The van der Waals surface area contributed by atoms with Gasteiger partial charge in [0.25, 0.3) is 5.69 Å². The van der Waals surface area contributed by atoms with E-state index in [9.17, 15) is 10.1 Å². The molecule has 5 rings (SSSR count). The summed E-state index contributed by atoms with van der Waals surface area (Å²) in [5, 5.41) is 13.5. The zero-order valence-electron chi connectivity index (χ0n) is 18.7. The Labute approximate surface area is 196 Å². The van der Waals surface area contributed by atoms with Crippen LogP contribution in [0.2, 0.25) is 0 Å². The molecule has 0 fully saturated rings. The molecule has 33 heavy (non-hydrogen) atoms. The average molecular weight is 456 g/mol. The van der Waals surface area contributed by atoms with Gasteiger partial charge in [0, 0.05) is 23.1 Å².